The SMILES string of the molecule is Cc1ccc(CNC(=O)C(CN)CC(C)C)s1. The van der Waals surface area contributed by atoms with Crippen LogP contribution in [0.25, 0.3) is 0 Å². The third kappa shape index (κ3) is 4.88. The van der Waals surface area contributed by atoms with E-state index in [1.54, 1.807) is 11.3 Å². The zero-order valence-corrected chi connectivity index (χ0v) is 11.6. The first-order valence-electron chi connectivity index (χ1n) is 6.06. The Labute approximate surface area is 107 Å². The largest absolute Gasteiger partial charge is 0.351 e. The van der Waals surface area contributed by atoms with E-state index in [4.69, 9.17) is 5.73 Å². The molecule has 0 aliphatic carbocycles. The summed E-state index contributed by atoms with van der Waals surface area (Å²) in [6.07, 6.45) is 0.853. The normalized spacial score (nSPS) is 12.8. The molecule has 1 unspecified atom stereocenters. The summed E-state index contributed by atoms with van der Waals surface area (Å²) in [5, 5.41) is 2.96. The highest BCUT2D eigenvalue weighted by Gasteiger charge is 2.17. The highest BCUT2D eigenvalue weighted by molar-refractivity contribution is 7.11. The van der Waals surface area contributed by atoms with E-state index in [2.05, 4.69) is 38.2 Å². The molecule has 0 saturated carbocycles. The summed E-state index contributed by atoms with van der Waals surface area (Å²) < 4.78 is 0. The summed E-state index contributed by atoms with van der Waals surface area (Å²) in [7, 11) is 0. The van der Waals surface area contributed by atoms with Crippen molar-refractivity contribution in [3.63, 3.8) is 0 Å². The van der Waals surface area contributed by atoms with Crippen LogP contribution in [0.2, 0.25) is 0 Å². The number of nitrogens with one attached hydrogen (secondary N) is 1. The smallest absolute Gasteiger partial charge is 0.224 e. The minimum atomic E-state index is -0.0592. The van der Waals surface area contributed by atoms with Gasteiger partial charge in [-0.2, -0.15) is 0 Å². The summed E-state index contributed by atoms with van der Waals surface area (Å²) in [4.78, 5) is 14.4. The van der Waals surface area contributed by atoms with Crippen LogP contribution in [0.1, 0.15) is 30.0 Å². The van der Waals surface area contributed by atoms with Gasteiger partial charge < -0.3 is 11.1 Å². The fourth-order valence-electron chi connectivity index (χ4n) is 1.78. The van der Waals surface area contributed by atoms with Gasteiger partial charge in [0.25, 0.3) is 0 Å². The molecule has 0 spiro atoms. The van der Waals surface area contributed by atoms with Crippen LogP contribution in [0.5, 0.6) is 0 Å². The number of hydrogen-bond donors (Lipinski definition) is 2. The van der Waals surface area contributed by atoms with Crippen molar-refractivity contribution in [3.05, 3.63) is 21.9 Å². The lowest BCUT2D eigenvalue weighted by Gasteiger charge is -2.16. The molecule has 0 fully saturated rings. The first-order chi connectivity index (χ1) is 8.02. The predicted octanol–water partition coefficient (Wildman–Crippen LogP) is 2.29. The Morgan fingerprint density at radius 3 is 2.65 bits per heavy atom. The van der Waals surface area contributed by atoms with Crippen molar-refractivity contribution in [2.24, 2.45) is 17.6 Å². The molecule has 1 heterocycles. The lowest BCUT2D eigenvalue weighted by molar-refractivity contribution is -0.125. The second-order valence-electron chi connectivity index (χ2n) is 4.79. The third-order valence-corrected chi connectivity index (χ3v) is 3.64. The van der Waals surface area contributed by atoms with Gasteiger partial charge in [-0.15, -0.1) is 11.3 Å². The molecular weight excluding hydrogens is 232 g/mol. The van der Waals surface area contributed by atoms with Crippen molar-refractivity contribution in [2.45, 2.75) is 33.7 Å². The Bertz CT molecular complexity index is 360. The zero-order chi connectivity index (χ0) is 12.8. The molecular formula is C13H22N2OS. The van der Waals surface area contributed by atoms with E-state index in [1.807, 2.05) is 0 Å². The molecule has 1 amide bonds. The summed E-state index contributed by atoms with van der Waals surface area (Å²) in [5.41, 5.74) is 5.64. The first kappa shape index (κ1) is 14.2. The van der Waals surface area contributed by atoms with Crippen molar-refractivity contribution in [1.29, 1.82) is 0 Å². The predicted molar refractivity (Wildman–Crippen MR) is 72.9 cm³/mol. The van der Waals surface area contributed by atoms with Gasteiger partial charge in [0, 0.05) is 16.3 Å². The van der Waals surface area contributed by atoms with Crippen molar-refractivity contribution in [1.82, 2.24) is 5.32 Å². The van der Waals surface area contributed by atoms with Gasteiger partial charge in [0.05, 0.1) is 12.5 Å². The van der Waals surface area contributed by atoms with Crippen LogP contribution in [0.3, 0.4) is 0 Å². The molecule has 1 aromatic rings. The van der Waals surface area contributed by atoms with Gasteiger partial charge in [0.15, 0.2) is 0 Å². The summed E-state index contributed by atoms with van der Waals surface area (Å²) in [5.74, 6) is 0.515. The monoisotopic (exact) mass is 254 g/mol. The van der Waals surface area contributed by atoms with E-state index in [0.717, 1.165) is 6.42 Å². The molecule has 0 radical (unpaired) electrons. The van der Waals surface area contributed by atoms with Crippen LogP contribution < -0.4 is 11.1 Å². The molecule has 0 saturated heterocycles. The topological polar surface area (TPSA) is 55.1 Å². The van der Waals surface area contributed by atoms with Crippen LogP contribution in [0, 0.1) is 18.8 Å². The standard InChI is InChI=1S/C13H22N2OS/c1-9(2)6-11(7-14)13(16)15-8-12-5-4-10(3)17-12/h4-5,9,11H,6-8,14H2,1-3H3,(H,15,16). The van der Waals surface area contributed by atoms with E-state index < -0.39 is 0 Å². The number of carbonyl (C=O) groups is 1. The number of carbonyl (C=O) groups excluding carboxylic acids is 1. The molecule has 4 heteroatoms. The van der Waals surface area contributed by atoms with Crippen molar-refractivity contribution in [2.75, 3.05) is 6.54 Å². The average molecular weight is 254 g/mol. The molecule has 3 N–H and O–H groups in total. The van der Waals surface area contributed by atoms with Gasteiger partial charge in [-0.25, -0.2) is 0 Å². The van der Waals surface area contributed by atoms with Crippen molar-refractivity contribution >= 4 is 17.2 Å². The Kier molecular flexibility index (Phi) is 5.65. The lowest BCUT2D eigenvalue weighted by atomic mass is 9.96. The molecule has 1 aromatic heterocycles. The maximum atomic E-state index is 11.9. The summed E-state index contributed by atoms with van der Waals surface area (Å²) >= 11 is 1.72. The average Bonchev–Trinajstić information content (AvgIpc) is 2.68. The van der Waals surface area contributed by atoms with E-state index in [0.29, 0.717) is 19.0 Å². The maximum Gasteiger partial charge on any atom is 0.224 e. The number of hydrogen-bond acceptors (Lipinski definition) is 3. The molecule has 1 atom stereocenters. The van der Waals surface area contributed by atoms with Gasteiger partial charge in [-0.05, 0) is 31.4 Å². The van der Waals surface area contributed by atoms with E-state index in [-0.39, 0.29) is 11.8 Å². The van der Waals surface area contributed by atoms with Gasteiger partial charge in [0.1, 0.15) is 0 Å². The quantitative estimate of drug-likeness (QED) is 0.818. The third-order valence-electron chi connectivity index (χ3n) is 2.64. The van der Waals surface area contributed by atoms with Crippen LogP contribution in [-0.2, 0) is 11.3 Å². The van der Waals surface area contributed by atoms with Gasteiger partial charge in [-0.3, -0.25) is 4.79 Å². The Morgan fingerprint density at radius 2 is 2.18 bits per heavy atom. The highest BCUT2D eigenvalue weighted by Crippen LogP contribution is 2.15. The van der Waals surface area contributed by atoms with Crippen molar-refractivity contribution in [3.8, 4) is 0 Å². The van der Waals surface area contributed by atoms with Crippen LogP contribution in [0.15, 0.2) is 12.1 Å². The molecule has 3 nitrogen and oxygen atoms in total. The summed E-state index contributed by atoms with van der Waals surface area (Å²) in [6.45, 7) is 7.33. The molecule has 17 heavy (non-hydrogen) atoms. The molecule has 0 aliphatic rings. The Morgan fingerprint density at radius 1 is 1.47 bits per heavy atom. The van der Waals surface area contributed by atoms with Gasteiger partial charge in [0.2, 0.25) is 5.91 Å². The molecule has 0 bridgehead atoms. The Balaban J connectivity index is 2.42. The Hall–Kier alpha value is -0.870. The molecule has 96 valence electrons. The van der Waals surface area contributed by atoms with Crippen LogP contribution in [0.4, 0.5) is 0 Å². The molecule has 1 rings (SSSR count). The van der Waals surface area contributed by atoms with E-state index >= 15 is 0 Å². The van der Waals surface area contributed by atoms with Crippen LogP contribution in [-0.4, -0.2) is 12.5 Å². The minimum absolute atomic E-state index is 0.0592. The lowest BCUT2D eigenvalue weighted by Crippen LogP contribution is -2.35. The zero-order valence-electron chi connectivity index (χ0n) is 10.8. The fourth-order valence-corrected chi connectivity index (χ4v) is 2.61. The number of amides is 1. The summed E-state index contributed by atoms with van der Waals surface area (Å²) in [6, 6.07) is 4.13. The van der Waals surface area contributed by atoms with E-state index in [9.17, 15) is 4.79 Å². The second kappa shape index (κ2) is 6.77. The number of aryl methyl sites for hydroxylation is 1. The second-order valence-corrected chi connectivity index (χ2v) is 6.16. The van der Waals surface area contributed by atoms with Crippen molar-refractivity contribution < 1.29 is 4.79 Å². The number of thiophene rings is 1. The highest BCUT2D eigenvalue weighted by atomic mass is 32.1. The maximum absolute atomic E-state index is 11.9. The van der Waals surface area contributed by atoms with Gasteiger partial charge >= 0.3 is 0 Å². The fraction of sp³-hybridized carbons (Fsp3) is 0.615. The van der Waals surface area contributed by atoms with Gasteiger partial charge in [-0.1, -0.05) is 13.8 Å². The molecule has 0 aromatic carbocycles. The minimum Gasteiger partial charge on any atom is -0.351 e. The molecule has 0 aliphatic heterocycles. The number of nitrogens with two attached hydrogens (primary N) is 1. The van der Waals surface area contributed by atoms with Crippen LogP contribution >= 0.6 is 11.3 Å². The first-order valence-corrected chi connectivity index (χ1v) is 6.87. The number of rotatable bonds is 6. The van der Waals surface area contributed by atoms with E-state index in [1.165, 1.54) is 9.75 Å².